The predicted molar refractivity (Wildman–Crippen MR) is 104 cm³/mol. The van der Waals surface area contributed by atoms with E-state index >= 15 is 0 Å². The van der Waals surface area contributed by atoms with Crippen LogP contribution in [0.5, 0.6) is 0 Å². The molecule has 2 aliphatic carbocycles. The molecule has 0 spiro atoms. The predicted octanol–water partition coefficient (Wildman–Crippen LogP) is 7.17. The first-order valence-electron chi connectivity index (χ1n) is 10.7. The second-order valence-electron chi connectivity index (χ2n) is 8.88. The second-order valence-corrected chi connectivity index (χ2v) is 15.6. The van der Waals surface area contributed by atoms with Crippen molar-refractivity contribution in [2.75, 3.05) is 0 Å². The second kappa shape index (κ2) is 9.06. The molecule has 0 heterocycles. The Kier molecular flexibility index (Phi) is 6.73. The SMILES string of the molecule is Fc1ccc(-c2ccc(C3CCC(C4CC[CH]([RaH])CC4)CC3)cc2)cc1F. The zero-order valence-corrected chi connectivity index (χ0v) is 24.5. The van der Waals surface area contributed by atoms with Crippen molar-refractivity contribution in [3.8, 4) is 11.1 Å². The monoisotopic (exact) mass is 580 g/mol. The first kappa shape index (κ1) is 20.1. The third-order valence-electron chi connectivity index (χ3n) is 7.13. The molecule has 0 unspecified atom stereocenters. The molecule has 0 saturated heterocycles. The van der Waals surface area contributed by atoms with E-state index in [4.69, 9.17) is 0 Å². The smallest absolute Gasteiger partial charge is 0.159 e. The minimum Gasteiger partial charge on any atom is -0.204 e. The molecule has 0 N–H and O–H groups in total. The molecular formula is C24H28F2Ra. The number of hydrogen-bond acceptors (Lipinski definition) is 0. The van der Waals surface area contributed by atoms with E-state index in [-0.39, 0.29) is 0 Å². The summed E-state index contributed by atoms with van der Waals surface area (Å²) in [7, 11) is 0. The van der Waals surface area contributed by atoms with Crippen molar-refractivity contribution >= 4 is 0 Å². The van der Waals surface area contributed by atoms with E-state index in [1.54, 1.807) is 6.07 Å². The summed E-state index contributed by atoms with van der Waals surface area (Å²) in [6, 6.07) is 12.6. The summed E-state index contributed by atoms with van der Waals surface area (Å²) in [4.78, 5) is 0. The molecule has 0 bridgehead atoms. The molecule has 2 saturated carbocycles. The van der Waals surface area contributed by atoms with Crippen LogP contribution in [0.4, 0.5) is 8.78 Å². The Morgan fingerprint density at radius 1 is 0.630 bits per heavy atom. The topological polar surface area (TPSA) is 0 Å². The van der Waals surface area contributed by atoms with Gasteiger partial charge in [0.05, 0.1) is 0 Å². The molecule has 4 rings (SSSR count). The van der Waals surface area contributed by atoms with Crippen LogP contribution < -0.4 is 0 Å². The zero-order chi connectivity index (χ0) is 18.8. The van der Waals surface area contributed by atoms with E-state index in [1.807, 2.05) is 0 Å². The van der Waals surface area contributed by atoms with Gasteiger partial charge in [0.15, 0.2) is 11.6 Å². The summed E-state index contributed by atoms with van der Waals surface area (Å²) < 4.78 is 27.8. The van der Waals surface area contributed by atoms with Crippen molar-refractivity contribution in [1.82, 2.24) is 0 Å². The van der Waals surface area contributed by atoms with E-state index in [0.717, 1.165) is 65.8 Å². The quantitative estimate of drug-likeness (QED) is 0.362. The van der Waals surface area contributed by atoms with Crippen molar-refractivity contribution in [3.63, 3.8) is 0 Å². The van der Waals surface area contributed by atoms with Crippen LogP contribution in [0.15, 0.2) is 42.5 Å². The van der Waals surface area contributed by atoms with Crippen molar-refractivity contribution in [2.24, 2.45) is 11.8 Å². The summed E-state index contributed by atoms with van der Waals surface area (Å²) in [5.41, 5.74) is 3.10. The Hall–Kier alpha value is -0.232. The molecule has 0 amide bonds. The van der Waals surface area contributed by atoms with Gasteiger partial charge < -0.3 is 0 Å². The Balaban J connectivity index is 1.36. The molecule has 2 fully saturated rings. The minimum absolute atomic E-state index is 0.667. The van der Waals surface area contributed by atoms with Gasteiger partial charge in [-0.3, -0.25) is 0 Å². The van der Waals surface area contributed by atoms with Crippen LogP contribution in [0.2, 0.25) is 0.959 Å². The normalized spacial score (nSPS) is 28.8. The van der Waals surface area contributed by atoms with Gasteiger partial charge in [-0.25, -0.2) is 8.78 Å². The first-order chi connectivity index (χ1) is 13.1. The molecule has 0 aromatic heterocycles. The number of benzene rings is 2. The molecule has 2 aromatic rings. The number of rotatable bonds is 3. The minimum atomic E-state index is -0.789. The van der Waals surface area contributed by atoms with Crippen LogP contribution in [-0.4, -0.2) is 0 Å². The standard InChI is InChI=1S/C24H27F2.Ra.H/c25-23-15-14-22(16-24(23)26)21-12-10-20(11-13-21)19-8-6-18(7-9-19)17-4-2-1-3-5-17;;/h1,10-19H,2-9H2;;. The molecule has 0 aliphatic heterocycles. The van der Waals surface area contributed by atoms with Crippen molar-refractivity contribution in [2.45, 2.75) is 58.2 Å². The third kappa shape index (κ3) is 4.85. The van der Waals surface area contributed by atoms with Gasteiger partial charge in [-0.15, -0.1) is 0 Å². The van der Waals surface area contributed by atoms with Crippen LogP contribution in [0.25, 0.3) is 11.1 Å². The van der Waals surface area contributed by atoms with Crippen LogP contribution in [-0.2, 0) is 0 Å². The van der Waals surface area contributed by atoms with Crippen LogP contribution in [0, 0.1) is 66.3 Å². The molecule has 2 aliphatic rings. The van der Waals surface area contributed by atoms with E-state index < -0.39 is 11.6 Å². The van der Waals surface area contributed by atoms with Gasteiger partial charge >= 0.3 is 148 Å². The van der Waals surface area contributed by atoms with E-state index in [0.29, 0.717) is 5.92 Å². The fourth-order valence-corrected chi connectivity index (χ4v) is 8.04. The van der Waals surface area contributed by atoms with Crippen LogP contribution in [0.1, 0.15) is 62.8 Å². The molecule has 27 heavy (non-hydrogen) atoms. The van der Waals surface area contributed by atoms with Gasteiger partial charge in [-0.1, -0.05) is 6.07 Å². The Morgan fingerprint density at radius 2 is 1.19 bits per heavy atom. The van der Waals surface area contributed by atoms with Crippen LogP contribution >= 0.6 is 0 Å². The van der Waals surface area contributed by atoms with E-state index in [9.17, 15) is 8.78 Å². The van der Waals surface area contributed by atoms with Crippen LogP contribution in [0.3, 0.4) is 0 Å². The van der Waals surface area contributed by atoms with Gasteiger partial charge in [0.1, 0.15) is 0 Å². The van der Waals surface area contributed by atoms with Gasteiger partial charge in [0.25, 0.3) is 0 Å². The largest absolute Gasteiger partial charge is 0.204 e. The maximum atomic E-state index is 13.5. The summed E-state index contributed by atoms with van der Waals surface area (Å²) in [5.74, 6) is 1.07. The van der Waals surface area contributed by atoms with Crippen molar-refractivity contribution < 1.29 is 51.6 Å². The zero-order valence-electron chi connectivity index (χ0n) is 16.3. The Labute approximate surface area is 190 Å². The van der Waals surface area contributed by atoms with E-state index in [2.05, 4.69) is 24.3 Å². The number of hydrogen-bond donors (Lipinski definition) is 0. The van der Waals surface area contributed by atoms with Gasteiger partial charge in [-0.2, -0.15) is 0 Å². The van der Waals surface area contributed by atoms with Crippen molar-refractivity contribution in [1.29, 1.82) is 0 Å². The third-order valence-corrected chi connectivity index (χ3v) is 11.9. The summed E-state index contributed by atoms with van der Waals surface area (Å²) in [6.45, 7) is 0. The Bertz CT molecular complexity index is 754. The maximum absolute atomic E-state index is 13.5. The molecule has 0 radical (unpaired) electrons. The Morgan fingerprint density at radius 3 is 1.78 bits per heavy atom. The average molecular weight is 580 g/mol. The first-order valence-corrected chi connectivity index (χ1v) is 15.4. The fraction of sp³-hybridized carbons (Fsp3) is 0.500. The summed E-state index contributed by atoms with van der Waals surface area (Å²) in [6.07, 6.45) is 11.5. The molecule has 2 aromatic carbocycles. The molecule has 0 atom stereocenters. The number of halogens is 2. The summed E-state index contributed by atoms with van der Waals surface area (Å²) >= 11 is 0.722. The van der Waals surface area contributed by atoms with Gasteiger partial charge in [0, 0.05) is 0 Å². The van der Waals surface area contributed by atoms with Gasteiger partial charge in [0.2, 0.25) is 0 Å². The molecule has 140 valence electrons. The van der Waals surface area contributed by atoms with Gasteiger partial charge in [-0.05, 0) is 17.7 Å². The molecular weight excluding hydrogens is 552 g/mol. The fourth-order valence-electron chi connectivity index (χ4n) is 5.30. The van der Waals surface area contributed by atoms with Crippen molar-refractivity contribution in [3.05, 3.63) is 59.7 Å². The molecule has 3 heteroatoms. The average Bonchev–Trinajstić information content (AvgIpc) is 2.71. The summed E-state index contributed by atoms with van der Waals surface area (Å²) in [5, 5.41) is 0. The van der Waals surface area contributed by atoms with E-state index in [1.165, 1.54) is 70.0 Å². The molecule has 0 nitrogen and oxygen atoms in total. The maximum Gasteiger partial charge on any atom is 0.159 e.